The van der Waals surface area contributed by atoms with Gasteiger partial charge in [0.15, 0.2) is 5.82 Å². The Kier molecular flexibility index (Phi) is 7.33. The van der Waals surface area contributed by atoms with Gasteiger partial charge in [-0.15, -0.1) is 0 Å². The summed E-state index contributed by atoms with van der Waals surface area (Å²) in [5.41, 5.74) is 7.13. The molecule has 5 atom stereocenters. The lowest BCUT2D eigenvalue weighted by molar-refractivity contribution is -0.133. The number of hydrogen-bond acceptors (Lipinski definition) is 5. The molecule has 8 nitrogen and oxygen atoms in total. The second-order valence-corrected chi connectivity index (χ2v) is 16.2. The van der Waals surface area contributed by atoms with Gasteiger partial charge in [0.2, 0.25) is 5.91 Å². The minimum Gasteiger partial charge on any atom is -0.337 e. The van der Waals surface area contributed by atoms with Crippen molar-refractivity contribution >= 4 is 50.9 Å². The first-order valence-corrected chi connectivity index (χ1v) is 19.1. The van der Waals surface area contributed by atoms with Crippen LogP contribution in [0.25, 0.3) is 32.9 Å². The minimum atomic E-state index is -0.461. The molecule has 3 aliphatic heterocycles. The van der Waals surface area contributed by atoms with Gasteiger partial charge in [0.1, 0.15) is 5.52 Å². The molecule has 2 bridgehead atoms. The Hall–Kier alpha value is -3.97. The third-order valence-electron chi connectivity index (χ3n) is 12.4. The van der Waals surface area contributed by atoms with Crippen molar-refractivity contribution in [3.8, 4) is 17.2 Å². The summed E-state index contributed by atoms with van der Waals surface area (Å²) in [6.45, 7) is 3.52. The van der Waals surface area contributed by atoms with Crippen LogP contribution in [0.15, 0.2) is 36.5 Å². The van der Waals surface area contributed by atoms with Crippen molar-refractivity contribution in [2.75, 3.05) is 13.1 Å². The van der Waals surface area contributed by atoms with Crippen molar-refractivity contribution in [2.24, 2.45) is 11.8 Å². The molecule has 3 aliphatic carbocycles. The second kappa shape index (κ2) is 11.8. The maximum Gasteiger partial charge on any atom is 0.226 e. The Morgan fingerprint density at radius 3 is 2.76 bits per heavy atom. The monoisotopic (exact) mass is 721 g/mol. The molecule has 11 rings (SSSR count). The van der Waals surface area contributed by atoms with Crippen molar-refractivity contribution in [2.45, 2.75) is 88.9 Å². The summed E-state index contributed by atoms with van der Waals surface area (Å²) in [7, 11) is 0. The Balaban J connectivity index is 1.20. The highest BCUT2D eigenvalue weighted by Crippen LogP contribution is 2.52. The Morgan fingerprint density at radius 2 is 2.02 bits per heavy atom. The summed E-state index contributed by atoms with van der Waals surface area (Å²) >= 11 is 13.1. The van der Waals surface area contributed by atoms with Crippen LogP contribution in [0.4, 0.5) is 4.39 Å². The lowest BCUT2D eigenvalue weighted by Crippen LogP contribution is -2.41. The molecule has 260 valence electrons. The van der Waals surface area contributed by atoms with Crippen molar-refractivity contribution in [3.05, 3.63) is 80.6 Å². The maximum absolute atomic E-state index is 17.2. The van der Waals surface area contributed by atoms with Gasteiger partial charge in [0.25, 0.3) is 0 Å². The molecule has 3 saturated heterocycles. The van der Waals surface area contributed by atoms with Crippen LogP contribution in [0.2, 0.25) is 10.0 Å². The lowest BCUT2D eigenvalue weighted by atomic mass is 9.79. The SMILES string of the molecule is Cc1nc2c(F)c(-c3cccc(Cl)c3Cl)c(CCC#N)cc2c2c1cc(C1CC(n3cc4c(n3)CCC4)CN1C(=O)C1CC1)n2C1C2CNC1C2. The molecule has 1 amide bonds. The number of pyridine rings is 1. The average molecular weight is 723 g/mol. The quantitative estimate of drug-likeness (QED) is 0.183. The van der Waals surface area contributed by atoms with E-state index < -0.39 is 5.82 Å². The van der Waals surface area contributed by atoms with Crippen molar-refractivity contribution in [3.63, 3.8) is 0 Å². The number of fused-ring (bicyclic) bond motifs is 5. The molecule has 6 aliphatic rings. The third-order valence-corrected chi connectivity index (χ3v) is 13.2. The van der Waals surface area contributed by atoms with Gasteiger partial charge in [-0.3, -0.25) is 9.48 Å². The number of halogens is 3. The number of aromatic nitrogens is 4. The van der Waals surface area contributed by atoms with E-state index in [1.165, 1.54) is 11.3 Å². The van der Waals surface area contributed by atoms with Crippen LogP contribution in [0.3, 0.4) is 0 Å². The fourth-order valence-electron chi connectivity index (χ4n) is 9.71. The summed E-state index contributed by atoms with van der Waals surface area (Å²) in [6.07, 6.45) is 9.80. The van der Waals surface area contributed by atoms with E-state index in [0.717, 1.165) is 79.2 Å². The van der Waals surface area contributed by atoms with E-state index in [0.29, 0.717) is 46.6 Å². The third kappa shape index (κ3) is 4.82. The number of carbonyl (C=O) groups excluding carboxylic acids is 1. The zero-order valence-corrected chi connectivity index (χ0v) is 29.9. The van der Waals surface area contributed by atoms with Gasteiger partial charge in [-0.1, -0.05) is 35.3 Å². The predicted octanol–water partition coefficient (Wildman–Crippen LogP) is 8.21. The van der Waals surface area contributed by atoms with E-state index in [-0.39, 0.29) is 46.9 Å². The second-order valence-electron chi connectivity index (χ2n) is 15.4. The Morgan fingerprint density at radius 1 is 1.16 bits per heavy atom. The molecule has 2 aromatic carbocycles. The molecular formula is C40H38Cl2FN7O. The van der Waals surface area contributed by atoms with Crippen molar-refractivity contribution in [1.82, 2.24) is 29.5 Å². The molecule has 2 saturated carbocycles. The average Bonchev–Trinajstić information content (AvgIpc) is 3.71. The minimum absolute atomic E-state index is 0.0852. The first-order chi connectivity index (χ1) is 24.8. The van der Waals surface area contributed by atoms with Gasteiger partial charge in [-0.05, 0) is 93.5 Å². The molecule has 6 heterocycles. The molecule has 11 heteroatoms. The lowest BCUT2D eigenvalue weighted by Gasteiger charge is -2.39. The molecule has 5 unspecified atom stereocenters. The van der Waals surface area contributed by atoms with E-state index in [4.69, 9.17) is 33.3 Å². The highest BCUT2D eigenvalue weighted by atomic mass is 35.5. The van der Waals surface area contributed by atoms with Crippen LogP contribution in [0.1, 0.15) is 84.9 Å². The number of nitriles is 1. The standard InChI is InChI=1S/C40H38Cl2FN7O/c1-20-27-16-33(32-15-25(19-48(32)40(51)21-10-11-21)49-18-23-5-2-9-30(23)47-49)50(38-24-14-31(38)45-17-24)39(27)28-13-22(6-4-12-44)34(36(43)37(28)46-20)26-7-3-8-29(41)35(26)42/h3,7-8,13,16,18,21,24-25,31-32,38,45H,2,4-6,9-11,14-15,17,19H2,1H3. The van der Waals surface area contributed by atoms with Crippen molar-refractivity contribution in [1.29, 1.82) is 5.26 Å². The van der Waals surface area contributed by atoms with Crippen molar-refractivity contribution < 1.29 is 9.18 Å². The van der Waals surface area contributed by atoms with E-state index >= 15 is 4.39 Å². The van der Waals surface area contributed by atoms with Crippen LogP contribution in [-0.4, -0.2) is 49.3 Å². The number of hydrogen-bond donors (Lipinski definition) is 1. The first-order valence-electron chi connectivity index (χ1n) is 18.4. The van der Waals surface area contributed by atoms with Crippen LogP contribution in [0, 0.1) is 35.9 Å². The van der Waals surface area contributed by atoms with E-state index in [1.807, 2.05) is 13.0 Å². The largest absolute Gasteiger partial charge is 0.337 e. The summed E-state index contributed by atoms with van der Waals surface area (Å²) in [6, 6.07) is 12.2. The molecule has 0 radical (unpaired) electrons. The van der Waals surface area contributed by atoms with E-state index in [2.05, 4.69) is 37.8 Å². The van der Waals surface area contributed by atoms with Gasteiger partial charge in [-0.25, -0.2) is 9.37 Å². The predicted molar refractivity (Wildman–Crippen MR) is 195 cm³/mol. The zero-order valence-electron chi connectivity index (χ0n) is 28.4. The van der Waals surface area contributed by atoms with Crippen LogP contribution >= 0.6 is 23.2 Å². The van der Waals surface area contributed by atoms with Gasteiger partial charge in [-0.2, -0.15) is 10.4 Å². The molecule has 5 fully saturated rings. The highest BCUT2D eigenvalue weighted by Gasteiger charge is 2.51. The van der Waals surface area contributed by atoms with Crippen LogP contribution < -0.4 is 5.32 Å². The number of rotatable bonds is 7. The molecule has 1 N–H and O–H groups in total. The molecule has 5 aromatic rings. The number of aryl methyl sites for hydroxylation is 4. The fraction of sp³-hybridized carbons (Fsp3) is 0.450. The number of benzene rings is 2. The summed E-state index contributed by atoms with van der Waals surface area (Å²) < 4.78 is 21.8. The number of amides is 1. The van der Waals surface area contributed by atoms with Crippen LogP contribution in [0.5, 0.6) is 0 Å². The maximum atomic E-state index is 17.2. The first kappa shape index (κ1) is 31.7. The topological polar surface area (TPSA) is 91.8 Å². The smallest absolute Gasteiger partial charge is 0.226 e. The number of nitrogens with one attached hydrogen (secondary N) is 1. The molecule has 0 spiro atoms. The van der Waals surface area contributed by atoms with Gasteiger partial charge in [0, 0.05) is 71.0 Å². The molecule has 51 heavy (non-hydrogen) atoms. The van der Waals surface area contributed by atoms with Gasteiger partial charge < -0.3 is 14.8 Å². The number of nitrogens with zero attached hydrogens (tertiary/aromatic N) is 6. The Labute approximate surface area is 305 Å². The fourth-order valence-corrected chi connectivity index (χ4v) is 10.1. The van der Waals surface area contributed by atoms with Crippen LogP contribution in [-0.2, 0) is 24.1 Å². The van der Waals surface area contributed by atoms with E-state index in [1.54, 1.807) is 18.2 Å². The number of likely N-dealkylation sites (tertiary alicyclic amines) is 1. The molecular weight excluding hydrogens is 684 g/mol. The summed E-state index contributed by atoms with van der Waals surface area (Å²) in [5, 5.41) is 20.7. The number of carbonyl (C=O) groups is 1. The zero-order chi connectivity index (χ0) is 34.7. The summed E-state index contributed by atoms with van der Waals surface area (Å²) in [5.74, 6) is 0.309. The van der Waals surface area contributed by atoms with E-state index in [9.17, 15) is 10.1 Å². The normalized spacial score (nSPS) is 25.2. The van der Waals surface area contributed by atoms with Gasteiger partial charge >= 0.3 is 0 Å². The molecule has 3 aromatic heterocycles. The summed E-state index contributed by atoms with van der Waals surface area (Å²) in [4.78, 5) is 21.2. The van der Waals surface area contributed by atoms with Gasteiger partial charge in [0.05, 0.1) is 45.5 Å². The Bertz CT molecular complexity index is 2300. The highest BCUT2D eigenvalue weighted by molar-refractivity contribution is 6.43.